The maximum Gasteiger partial charge on any atom is 0.207 e. The predicted octanol–water partition coefficient (Wildman–Crippen LogP) is 4.84. The number of unbranched alkanes of at least 4 members (excludes halogenated alkanes) is 1. The molecule has 0 bridgehead atoms. The second-order valence-electron chi connectivity index (χ2n) is 4.02. The second-order valence-corrected chi connectivity index (χ2v) is 5.22. The lowest BCUT2D eigenvalue weighted by Crippen LogP contribution is -2.03. The number of aromatic nitrogens is 2. The zero-order valence-corrected chi connectivity index (χ0v) is 12.5. The first kappa shape index (κ1) is 13.4. The van der Waals surface area contributed by atoms with Gasteiger partial charge in [0.15, 0.2) is 0 Å². The van der Waals surface area contributed by atoms with Gasteiger partial charge < -0.3 is 9.88 Å². The molecule has 0 unspecified atom stereocenters. The minimum absolute atomic E-state index is 0.687. The van der Waals surface area contributed by atoms with Gasteiger partial charge in [0.2, 0.25) is 5.95 Å². The standard InChI is InChI=1S/C13H15BrClN3/c1-2-3-8-18-9-7-16-13(18)17-11-6-4-5-10(15)12(11)14/h4-7,9H,2-3,8H2,1H3,(H,16,17). The van der Waals surface area contributed by atoms with Gasteiger partial charge in [-0.15, -0.1) is 0 Å². The van der Waals surface area contributed by atoms with E-state index in [9.17, 15) is 0 Å². The highest BCUT2D eigenvalue weighted by atomic mass is 79.9. The van der Waals surface area contributed by atoms with E-state index in [1.165, 1.54) is 6.42 Å². The number of nitrogens with one attached hydrogen (secondary N) is 1. The average Bonchev–Trinajstić information content (AvgIpc) is 2.80. The summed E-state index contributed by atoms with van der Waals surface area (Å²) in [5, 5.41) is 3.98. The van der Waals surface area contributed by atoms with E-state index in [1.54, 1.807) is 6.20 Å². The molecule has 1 aromatic carbocycles. The molecule has 1 heterocycles. The molecular formula is C13H15BrClN3. The van der Waals surface area contributed by atoms with Crippen LogP contribution in [0.3, 0.4) is 0 Å². The Hall–Kier alpha value is -1.000. The molecule has 0 saturated carbocycles. The molecule has 0 saturated heterocycles. The van der Waals surface area contributed by atoms with Crippen LogP contribution in [0.2, 0.25) is 5.02 Å². The van der Waals surface area contributed by atoms with E-state index in [4.69, 9.17) is 11.6 Å². The van der Waals surface area contributed by atoms with Crippen molar-refractivity contribution < 1.29 is 0 Å². The fraction of sp³-hybridized carbons (Fsp3) is 0.308. The van der Waals surface area contributed by atoms with E-state index >= 15 is 0 Å². The van der Waals surface area contributed by atoms with Crippen molar-refractivity contribution in [3.63, 3.8) is 0 Å². The van der Waals surface area contributed by atoms with Crippen molar-refractivity contribution in [2.45, 2.75) is 26.3 Å². The summed E-state index contributed by atoms with van der Waals surface area (Å²) >= 11 is 9.53. The predicted molar refractivity (Wildman–Crippen MR) is 79.6 cm³/mol. The molecule has 0 aliphatic rings. The molecule has 0 aliphatic heterocycles. The third kappa shape index (κ3) is 3.06. The minimum Gasteiger partial charge on any atom is -0.325 e. The van der Waals surface area contributed by atoms with Crippen molar-refractivity contribution in [3.05, 3.63) is 40.1 Å². The van der Waals surface area contributed by atoms with Gasteiger partial charge >= 0.3 is 0 Å². The Morgan fingerprint density at radius 3 is 3.06 bits per heavy atom. The Morgan fingerprint density at radius 2 is 2.28 bits per heavy atom. The molecule has 1 aromatic heterocycles. The first-order valence-electron chi connectivity index (χ1n) is 5.94. The SMILES string of the molecule is CCCCn1ccnc1Nc1cccc(Cl)c1Br. The van der Waals surface area contributed by atoms with Crippen molar-refractivity contribution in [1.29, 1.82) is 0 Å². The molecule has 0 spiro atoms. The lowest BCUT2D eigenvalue weighted by molar-refractivity contribution is 0.638. The Kier molecular flexibility index (Phi) is 4.66. The van der Waals surface area contributed by atoms with E-state index in [0.29, 0.717) is 5.02 Å². The molecule has 2 rings (SSSR count). The first-order chi connectivity index (χ1) is 8.72. The van der Waals surface area contributed by atoms with Crippen molar-refractivity contribution in [1.82, 2.24) is 9.55 Å². The van der Waals surface area contributed by atoms with E-state index in [0.717, 1.165) is 29.1 Å². The van der Waals surface area contributed by atoms with Crippen LogP contribution in [0.4, 0.5) is 11.6 Å². The normalized spacial score (nSPS) is 10.6. The van der Waals surface area contributed by atoms with Gasteiger partial charge in [-0.3, -0.25) is 0 Å². The van der Waals surface area contributed by atoms with Gasteiger partial charge in [0.05, 0.1) is 15.2 Å². The smallest absolute Gasteiger partial charge is 0.207 e. The largest absolute Gasteiger partial charge is 0.325 e. The van der Waals surface area contributed by atoms with E-state index in [1.807, 2.05) is 24.4 Å². The monoisotopic (exact) mass is 327 g/mol. The van der Waals surface area contributed by atoms with Crippen molar-refractivity contribution in [3.8, 4) is 0 Å². The Morgan fingerprint density at radius 1 is 1.44 bits per heavy atom. The molecule has 0 amide bonds. The molecule has 1 N–H and O–H groups in total. The number of hydrogen-bond donors (Lipinski definition) is 1. The summed E-state index contributed by atoms with van der Waals surface area (Å²) < 4.78 is 2.97. The summed E-state index contributed by atoms with van der Waals surface area (Å²) in [6.45, 7) is 3.15. The lowest BCUT2D eigenvalue weighted by atomic mass is 10.3. The number of rotatable bonds is 5. The van der Waals surface area contributed by atoms with Crippen molar-refractivity contribution >= 4 is 39.2 Å². The molecule has 0 atom stereocenters. The van der Waals surface area contributed by atoms with Crippen LogP contribution in [-0.4, -0.2) is 9.55 Å². The van der Waals surface area contributed by atoms with Crippen LogP contribution in [0.15, 0.2) is 35.1 Å². The van der Waals surface area contributed by atoms with Gasteiger partial charge in [0, 0.05) is 18.9 Å². The number of imidazole rings is 1. The van der Waals surface area contributed by atoms with Crippen LogP contribution in [-0.2, 0) is 6.54 Å². The summed E-state index contributed by atoms with van der Waals surface area (Å²) in [5.74, 6) is 0.839. The summed E-state index contributed by atoms with van der Waals surface area (Å²) in [4.78, 5) is 4.32. The maximum atomic E-state index is 6.06. The van der Waals surface area contributed by atoms with Crippen LogP contribution in [0.25, 0.3) is 0 Å². The van der Waals surface area contributed by atoms with Crippen LogP contribution < -0.4 is 5.32 Å². The third-order valence-corrected chi connectivity index (χ3v) is 4.06. The molecule has 0 radical (unpaired) electrons. The van der Waals surface area contributed by atoms with Gasteiger partial charge in [-0.25, -0.2) is 4.98 Å². The summed E-state index contributed by atoms with van der Waals surface area (Å²) in [5.41, 5.74) is 0.923. The molecule has 0 fully saturated rings. The molecule has 5 heteroatoms. The topological polar surface area (TPSA) is 29.9 Å². The van der Waals surface area contributed by atoms with Gasteiger partial charge in [-0.05, 0) is 34.5 Å². The molecule has 2 aromatic rings. The Labute approximate surface area is 120 Å². The lowest BCUT2D eigenvalue weighted by Gasteiger charge is -2.11. The fourth-order valence-electron chi connectivity index (χ4n) is 1.66. The van der Waals surface area contributed by atoms with Crippen LogP contribution in [0, 0.1) is 0 Å². The number of halogens is 2. The van der Waals surface area contributed by atoms with Gasteiger partial charge in [0.25, 0.3) is 0 Å². The number of hydrogen-bond acceptors (Lipinski definition) is 2. The van der Waals surface area contributed by atoms with Gasteiger partial charge in [-0.2, -0.15) is 0 Å². The summed E-state index contributed by atoms with van der Waals surface area (Å²) in [7, 11) is 0. The molecule has 18 heavy (non-hydrogen) atoms. The molecule has 0 aliphatic carbocycles. The molecular weight excluding hydrogens is 314 g/mol. The first-order valence-corrected chi connectivity index (χ1v) is 7.11. The number of nitrogens with zero attached hydrogens (tertiary/aromatic N) is 2. The van der Waals surface area contributed by atoms with E-state index < -0.39 is 0 Å². The summed E-state index contributed by atoms with van der Waals surface area (Å²) in [6.07, 6.45) is 6.09. The summed E-state index contributed by atoms with van der Waals surface area (Å²) in [6, 6.07) is 5.73. The van der Waals surface area contributed by atoms with E-state index in [2.05, 4.69) is 37.7 Å². The Bertz CT molecular complexity index is 525. The highest BCUT2D eigenvalue weighted by Crippen LogP contribution is 2.31. The fourth-order valence-corrected chi connectivity index (χ4v) is 2.20. The second kappa shape index (κ2) is 6.25. The van der Waals surface area contributed by atoms with Gasteiger partial charge in [0.1, 0.15) is 0 Å². The zero-order valence-electron chi connectivity index (χ0n) is 10.2. The quantitative estimate of drug-likeness (QED) is 0.851. The Balaban J connectivity index is 2.18. The highest BCUT2D eigenvalue weighted by molar-refractivity contribution is 9.10. The minimum atomic E-state index is 0.687. The number of benzene rings is 1. The van der Waals surface area contributed by atoms with Crippen LogP contribution >= 0.6 is 27.5 Å². The highest BCUT2D eigenvalue weighted by Gasteiger charge is 2.07. The van der Waals surface area contributed by atoms with Crippen LogP contribution in [0.5, 0.6) is 0 Å². The van der Waals surface area contributed by atoms with Gasteiger partial charge in [-0.1, -0.05) is 31.0 Å². The van der Waals surface area contributed by atoms with E-state index in [-0.39, 0.29) is 0 Å². The van der Waals surface area contributed by atoms with Crippen molar-refractivity contribution in [2.75, 3.05) is 5.32 Å². The molecule has 3 nitrogen and oxygen atoms in total. The average molecular weight is 329 g/mol. The number of anilines is 2. The number of aryl methyl sites for hydroxylation is 1. The maximum absolute atomic E-state index is 6.06. The molecule has 96 valence electrons. The third-order valence-electron chi connectivity index (χ3n) is 2.67. The van der Waals surface area contributed by atoms with Crippen molar-refractivity contribution in [2.24, 2.45) is 0 Å². The van der Waals surface area contributed by atoms with Crippen LogP contribution in [0.1, 0.15) is 19.8 Å². The zero-order chi connectivity index (χ0) is 13.0.